The number of hydrogen-bond acceptors (Lipinski definition) is 9. The summed E-state index contributed by atoms with van der Waals surface area (Å²) in [6, 6.07) is 20.5. The van der Waals surface area contributed by atoms with Crippen molar-refractivity contribution in [2.45, 2.75) is 57.8 Å². The van der Waals surface area contributed by atoms with Crippen molar-refractivity contribution in [2.24, 2.45) is 0 Å². The van der Waals surface area contributed by atoms with E-state index in [-0.39, 0.29) is 72.2 Å². The molecular formula is C39H48O9. The van der Waals surface area contributed by atoms with E-state index in [4.69, 9.17) is 0 Å². The van der Waals surface area contributed by atoms with Crippen molar-refractivity contribution in [1.29, 1.82) is 0 Å². The summed E-state index contributed by atoms with van der Waals surface area (Å²) < 4.78 is 13.9. The van der Waals surface area contributed by atoms with Gasteiger partial charge < -0.3 is 29.5 Å². The Bertz CT molecular complexity index is 1370. The van der Waals surface area contributed by atoms with Gasteiger partial charge in [-0.05, 0) is 73.9 Å². The number of phenols is 3. The molecule has 0 saturated carbocycles. The minimum Gasteiger partial charge on any atom is -0.508 e. The molecule has 0 radical (unpaired) electrons. The maximum atomic E-state index is 11.3. The first-order chi connectivity index (χ1) is 22.6. The number of aromatic hydroxyl groups is 3. The number of esters is 3. The van der Waals surface area contributed by atoms with Crippen LogP contribution in [0, 0.1) is 0 Å². The number of benzene rings is 3. The van der Waals surface area contributed by atoms with Gasteiger partial charge in [0, 0.05) is 17.8 Å². The monoisotopic (exact) mass is 660 g/mol. The summed E-state index contributed by atoms with van der Waals surface area (Å²) >= 11 is 0. The highest BCUT2D eigenvalue weighted by atomic mass is 16.5. The smallest absolute Gasteiger partial charge is 0.306 e. The Morgan fingerprint density at radius 2 is 0.750 bits per heavy atom. The standard InChI is InChI=1S/3C13H16O3/c3*1-9(2)12(8-13(15)16-3)10-5-4-6-11(14)7-10/h3*4-7,12,14H,1,8H2,2-3H3/t2*12-;/m10./s1. The molecule has 0 fully saturated rings. The van der Waals surface area contributed by atoms with E-state index in [1.54, 1.807) is 54.6 Å². The van der Waals surface area contributed by atoms with Crippen molar-refractivity contribution in [3.8, 4) is 17.2 Å². The Kier molecular flexibility index (Phi) is 17.6. The molecule has 9 nitrogen and oxygen atoms in total. The summed E-state index contributed by atoms with van der Waals surface area (Å²) in [5, 5.41) is 28.2. The molecule has 48 heavy (non-hydrogen) atoms. The lowest BCUT2D eigenvalue weighted by molar-refractivity contribution is -0.141. The Hall–Kier alpha value is -5.31. The lowest BCUT2D eigenvalue weighted by Gasteiger charge is -2.16. The van der Waals surface area contributed by atoms with Gasteiger partial charge in [-0.25, -0.2) is 0 Å². The van der Waals surface area contributed by atoms with Crippen molar-refractivity contribution < 1.29 is 43.9 Å². The topological polar surface area (TPSA) is 140 Å². The molecule has 9 heteroatoms. The van der Waals surface area contributed by atoms with Crippen LogP contribution in [-0.4, -0.2) is 54.6 Å². The van der Waals surface area contributed by atoms with E-state index in [2.05, 4.69) is 33.9 Å². The summed E-state index contributed by atoms with van der Waals surface area (Å²) in [5.74, 6) is -0.612. The zero-order valence-electron chi connectivity index (χ0n) is 28.7. The number of methoxy groups -OCH3 is 3. The predicted molar refractivity (Wildman–Crippen MR) is 187 cm³/mol. The van der Waals surface area contributed by atoms with Crippen molar-refractivity contribution in [3.05, 3.63) is 126 Å². The van der Waals surface area contributed by atoms with Gasteiger partial charge in [-0.15, -0.1) is 0 Å². The summed E-state index contributed by atoms with van der Waals surface area (Å²) in [7, 11) is 4.08. The summed E-state index contributed by atoms with van der Waals surface area (Å²) in [5.41, 5.74) is 5.23. The first-order valence-electron chi connectivity index (χ1n) is 15.2. The molecule has 258 valence electrons. The van der Waals surface area contributed by atoms with Gasteiger partial charge in [0.05, 0.1) is 40.6 Å². The van der Waals surface area contributed by atoms with E-state index in [1.165, 1.54) is 21.3 Å². The molecule has 1 unspecified atom stereocenters. The van der Waals surface area contributed by atoms with E-state index >= 15 is 0 Å². The first-order valence-corrected chi connectivity index (χ1v) is 15.2. The SMILES string of the molecule is C=C(C)C(CC(=O)OC)c1cccc(O)c1.C=C(C)[C@@H](CC(=O)OC)c1cccc(O)c1.C=C(C)[C@H](CC(=O)OC)c1cccc(O)c1. The summed E-state index contributed by atoms with van der Waals surface area (Å²) in [6.45, 7) is 17.2. The number of carbonyl (C=O) groups is 3. The zero-order valence-corrected chi connectivity index (χ0v) is 28.7. The van der Waals surface area contributed by atoms with E-state index in [1.807, 2.05) is 39.0 Å². The third kappa shape index (κ3) is 14.4. The second kappa shape index (κ2) is 20.7. The molecule has 0 aliphatic heterocycles. The average molecular weight is 661 g/mol. The summed E-state index contributed by atoms with van der Waals surface area (Å²) in [4.78, 5) is 33.8. The van der Waals surface area contributed by atoms with Gasteiger partial charge in [0.15, 0.2) is 0 Å². The van der Waals surface area contributed by atoms with Crippen LogP contribution < -0.4 is 0 Å². The van der Waals surface area contributed by atoms with E-state index in [0.717, 1.165) is 33.4 Å². The second-order valence-electron chi connectivity index (χ2n) is 11.3. The van der Waals surface area contributed by atoms with Crippen LogP contribution in [0.15, 0.2) is 109 Å². The normalized spacial score (nSPS) is 11.9. The molecule has 3 rings (SSSR count). The molecule has 3 atom stereocenters. The number of carbonyl (C=O) groups excluding carboxylic acids is 3. The van der Waals surface area contributed by atoms with Gasteiger partial charge in [0.1, 0.15) is 17.2 Å². The number of phenolic OH excluding ortho intramolecular Hbond substituents is 3. The van der Waals surface area contributed by atoms with E-state index in [0.29, 0.717) is 0 Å². The van der Waals surface area contributed by atoms with Gasteiger partial charge >= 0.3 is 17.9 Å². The van der Waals surface area contributed by atoms with Crippen LogP contribution >= 0.6 is 0 Å². The van der Waals surface area contributed by atoms with Crippen molar-refractivity contribution in [2.75, 3.05) is 21.3 Å². The largest absolute Gasteiger partial charge is 0.508 e. The van der Waals surface area contributed by atoms with Crippen LogP contribution in [0.25, 0.3) is 0 Å². The zero-order chi connectivity index (χ0) is 36.4. The highest BCUT2D eigenvalue weighted by molar-refractivity contribution is 5.72. The maximum Gasteiger partial charge on any atom is 0.306 e. The van der Waals surface area contributed by atoms with Crippen molar-refractivity contribution in [3.63, 3.8) is 0 Å². The first kappa shape index (κ1) is 40.7. The molecule has 0 aliphatic rings. The number of rotatable bonds is 12. The molecule has 0 spiro atoms. The highest BCUT2D eigenvalue weighted by Crippen LogP contribution is 2.31. The number of allylic oxidation sites excluding steroid dienone is 3. The van der Waals surface area contributed by atoms with Crippen LogP contribution in [0.2, 0.25) is 0 Å². The molecule has 0 bridgehead atoms. The van der Waals surface area contributed by atoms with Crippen LogP contribution in [0.5, 0.6) is 17.2 Å². The molecule has 0 amide bonds. The molecule has 3 aromatic carbocycles. The van der Waals surface area contributed by atoms with Crippen LogP contribution in [-0.2, 0) is 28.6 Å². The fraction of sp³-hybridized carbons (Fsp3) is 0.308. The van der Waals surface area contributed by atoms with E-state index in [9.17, 15) is 29.7 Å². The fourth-order valence-electron chi connectivity index (χ4n) is 4.70. The maximum absolute atomic E-state index is 11.3. The van der Waals surface area contributed by atoms with Gasteiger partial charge in [-0.2, -0.15) is 0 Å². The Morgan fingerprint density at radius 1 is 0.521 bits per heavy atom. The molecular weight excluding hydrogens is 612 g/mol. The van der Waals surface area contributed by atoms with Crippen LogP contribution in [0.3, 0.4) is 0 Å². The molecule has 0 heterocycles. The Morgan fingerprint density at radius 3 is 0.917 bits per heavy atom. The van der Waals surface area contributed by atoms with Gasteiger partial charge in [0.2, 0.25) is 0 Å². The minimum atomic E-state index is -0.281. The highest BCUT2D eigenvalue weighted by Gasteiger charge is 2.19. The van der Waals surface area contributed by atoms with Crippen LogP contribution in [0.1, 0.15) is 74.5 Å². The predicted octanol–water partition coefficient (Wildman–Crippen LogP) is 7.85. The van der Waals surface area contributed by atoms with Gasteiger partial charge in [0.25, 0.3) is 0 Å². The lowest BCUT2D eigenvalue weighted by Crippen LogP contribution is -2.09. The van der Waals surface area contributed by atoms with Crippen molar-refractivity contribution in [1.82, 2.24) is 0 Å². The Balaban J connectivity index is 0.000000360. The lowest BCUT2D eigenvalue weighted by atomic mass is 9.90. The van der Waals surface area contributed by atoms with Gasteiger partial charge in [-0.3, -0.25) is 14.4 Å². The molecule has 0 saturated heterocycles. The van der Waals surface area contributed by atoms with Crippen LogP contribution in [0.4, 0.5) is 0 Å². The average Bonchev–Trinajstić information content (AvgIpc) is 3.04. The second-order valence-corrected chi connectivity index (χ2v) is 11.3. The minimum absolute atomic E-state index is 0.112. The molecule has 0 aliphatic carbocycles. The fourth-order valence-corrected chi connectivity index (χ4v) is 4.70. The molecule has 3 N–H and O–H groups in total. The van der Waals surface area contributed by atoms with E-state index < -0.39 is 0 Å². The number of hydrogen-bond donors (Lipinski definition) is 3. The summed E-state index contributed by atoms with van der Waals surface area (Å²) in [6.07, 6.45) is 0.736. The third-order valence-electron chi connectivity index (χ3n) is 7.40. The molecule has 0 aromatic heterocycles. The third-order valence-corrected chi connectivity index (χ3v) is 7.40. The number of ether oxygens (including phenoxy) is 3. The Labute approximate surface area is 283 Å². The van der Waals surface area contributed by atoms with Gasteiger partial charge in [-0.1, -0.05) is 72.9 Å². The quantitative estimate of drug-likeness (QED) is 0.101. The van der Waals surface area contributed by atoms with Crippen molar-refractivity contribution >= 4 is 17.9 Å². The molecule has 3 aromatic rings.